The van der Waals surface area contributed by atoms with Gasteiger partial charge in [-0.15, -0.1) is 11.6 Å². The molecule has 0 N–H and O–H groups in total. The van der Waals surface area contributed by atoms with Gasteiger partial charge in [0.2, 0.25) is 0 Å². The maximum absolute atomic E-state index is 7.71. The van der Waals surface area contributed by atoms with Crippen LogP contribution in [-0.2, 0) is 4.87 Å². The molecule has 0 aliphatic carbocycles. The minimum absolute atomic E-state index is 0.834. The lowest BCUT2D eigenvalue weighted by molar-refractivity contribution is 0.880. The van der Waals surface area contributed by atoms with Crippen LogP contribution in [0.5, 0.6) is 0 Å². The van der Waals surface area contributed by atoms with Crippen molar-refractivity contribution < 1.29 is 0 Å². The Bertz CT molecular complexity index is 1400. The van der Waals surface area contributed by atoms with E-state index >= 15 is 0 Å². The molecule has 0 fully saturated rings. The van der Waals surface area contributed by atoms with Crippen molar-refractivity contribution in [2.45, 2.75) is 4.87 Å². The maximum Gasteiger partial charge on any atom is 0.119 e. The Balaban J connectivity index is 1.43. The fourth-order valence-corrected chi connectivity index (χ4v) is 5.45. The molecule has 0 radical (unpaired) electrons. The van der Waals surface area contributed by atoms with Gasteiger partial charge in [0.1, 0.15) is 4.87 Å². The largest absolute Gasteiger partial charge is 0.119 e. The summed E-state index contributed by atoms with van der Waals surface area (Å²) in [5.41, 5.74) is 10.2. The van der Waals surface area contributed by atoms with Crippen LogP contribution in [0.3, 0.4) is 0 Å². The van der Waals surface area contributed by atoms with Crippen molar-refractivity contribution in [3.63, 3.8) is 0 Å². The minimum atomic E-state index is -0.834. The Labute approximate surface area is 229 Å². The first kappa shape index (κ1) is 24.0. The summed E-state index contributed by atoms with van der Waals surface area (Å²) in [6, 6.07) is 57.3. The van der Waals surface area contributed by atoms with Crippen LogP contribution in [0.25, 0.3) is 33.4 Å². The molecule has 0 saturated carbocycles. The van der Waals surface area contributed by atoms with Crippen LogP contribution in [0, 0.1) is 0 Å². The van der Waals surface area contributed by atoms with Crippen LogP contribution in [-0.4, -0.2) is 0 Å². The first-order valence-electron chi connectivity index (χ1n) is 12.9. The lowest BCUT2D eigenvalue weighted by atomic mass is 9.82. The van der Waals surface area contributed by atoms with E-state index in [-0.39, 0.29) is 0 Å². The van der Waals surface area contributed by atoms with Crippen molar-refractivity contribution in [2.75, 3.05) is 0 Å². The van der Waals surface area contributed by atoms with E-state index in [1.165, 1.54) is 33.4 Å². The predicted octanol–water partition coefficient (Wildman–Crippen LogP) is 10.2. The van der Waals surface area contributed by atoms with Gasteiger partial charge < -0.3 is 0 Å². The molecule has 0 spiro atoms. The third kappa shape index (κ3) is 4.67. The van der Waals surface area contributed by atoms with Crippen molar-refractivity contribution in [3.8, 4) is 33.4 Å². The molecule has 0 aromatic heterocycles. The van der Waals surface area contributed by atoms with E-state index in [9.17, 15) is 0 Å². The van der Waals surface area contributed by atoms with Crippen LogP contribution >= 0.6 is 11.6 Å². The van der Waals surface area contributed by atoms with Crippen LogP contribution < -0.4 is 0 Å². The second-order valence-electron chi connectivity index (χ2n) is 9.49. The average molecular weight is 507 g/mol. The van der Waals surface area contributed by atoms with Gasteiger partial charge in [-0.25, -0.2) is 0 Å². The summed E-state index contributed by atoms with van der Waals surface area (Å²) in [4.78, 5) is -0.834. The second kappa shape index (κ2) is 10.5. The molecule has 0 aliphatic rings. The first-order valence-corrected chi connectivity index (χ1v) is 13.3. The molecule has 0 saturated heterocycles. The number of benzene rings is 6. The topological polar surface area (TPSA) is 0 Å². The van der Waals surface area contributed by atoms with Crippen molar-refractivity contribution in [2.24, 2.45) is 0 Å². The van der Waals surface area contributed by atoms with E-state index < -0.39 is 4.87 Å². The first-order chi connectivity index (χ1) is 18.7. The predicted molar refractivity (Wildman–Crippen MR) is 161 cm³/mol. The zero-order valence-corrected chi connectivity index (χ0v) is 21.7. The van der Waals surface area contributed by atoms with Crippen LogP contribution in [0.15, 0.2) is 164 Å². The van der Waals surface area contributed by atoms with Crippen molar-refractivity contribution in [3.05, 3.63) is 180 Å². The Morgan fingerprint density at radius 3 is 0.711 bits per heavy atom. The molecule has 1 heteroatoms. The summed E-state index contributed by atoms with van der Waals surface area (Å²) >= 11 is 7.71. The smallest absolute Gasteiger partial charge is 0.104 e. The molecular formula is C37H27Cl. The molecule has 0 atom stereocenters. The maximum atomic E-state index is 7.71. The molecule has 6 aromatic carbocycles. The highest BCUT2D eigenvalue weighted by Crippen LogP contribution is 2.44. The van der Waals surface area contributed by atoms with Crippen LogP contribution in [0.4, 0.5) is 0 Å². The SMILES string of the molecule is ClC(c1ccc(-c2ccccc2)cc1)(c1ccc(-c2ccccc2)cc1)c1ccc(-c2ccccc2)cc1. The van der Waals surface area contributed by atoms with E-state index in [0.29, 0.717) is 0 Å². The Morgan fingerprint density at radius 1 is 0.263 bits per heavy atom. The van der Waals surface area contributed by atoms with E-state index in [1.807, 2.05) is 18.2 Å². The summed E-state index contributed by atoms with van der Waals surface area (Å²) in [7, 11) is 0. The third-order valence-corrected chi connectivity index (χ3v) is 7.82. The summed E-state index contributed by atoms with van der Waals surface area (Å²) in [6.45, 7) is 0. The van der Waals surface area contributed by atoms with E-state index in [0.717, 1.165) is 16.7 Å². The quantitative estimate of drug-likeness (QED) is 0.156. The van der Waals surface area contributed by atoms with Gasteiger partial charge in [-0.2, -0.15) is 0 Å². The van der Waals surface area contributed by atoms with Gasteiger partial charge in [0.05, 0.1) is 0 Å². The van der Waals surface area contributed by atoms with Gasteiger partial charge >= 0.3 is 0 Å². The summed E-state index contributed by atoms with van der Waals surface area (Å²) < 4.78 is 0. The molecular weight excluding hydrogens is 480 g/mol. The minimum Gasteiger partial charge on any atom is -0.104 e. The molecule has 0 unspecified atom stereocenters. The molecule has 182 valence electrons. The monoisotopic (exact) mass is 506 g/mol. The molecule has 0 nitrogen and oxygen atoms in total. The highest BCUT2D eigenvalue weighted by atomic mass is 35.5. The molecule has 38 heavy (non-hydrogen) atoms. The Kier molecular flexibility index (Phi) is 6.65. The molecule has 6 rings (SSSR count). The second-order valence-corrected chi connectivity index (χ2v) is 10.1. The molecule has 6 aromatic rings. The average Bonchev–Trinajstić information content (AvgIpc) is 3.02. The van der Waals surface area contributed by atoms with Crippen molar-refractivity contribution in [1.82, 2.24) is 0 Å². The van der Waals surface area contributed by atoms with E-state index in [4.69, 9.17) is 11.6 Å². The number of hydrogen-bond donors (Lipinski definition) is 0. The van der Waals surface area contributed by atoms with Gasteiger partial charge in [0, 0.05) is 0 Å². The lowest BCUT2D eigenvalue weighted by Crippen LogP contribution is -2.22. The van der Waals surface area contributed by atoms with Gasteiger partial charge in [-0.05, 0) is 50.1 Å². The molecule has 0 aliphatic heterocycles. The number of alkyl halides is 1. The fourth-order valence-electron chi connectivity index (χ4n) is 5.07. The fraction of sp³-hybridized carbons (Fsp3) is 0.0270. The van der Waals surface area contributed by atoms with E-state index in [1.54, 1.807) is 0 Å². The standard InChI is InChI=1S/C37H27Cl/c38-37(34-22-16-31(17-23-34)28-10-4-1-5-11-28,35-24-18-32(19-25-35)29-12-6-2-7-13-29)36-26-20-33(21-27-36)30-14-8-3-9-15-30/h1-27H. The lowest BCUT2D eigenvalue weighted by Gasteiger charge is -2.30. The normalized spacial score (nSPS) is 11.3. The molecule has 0 amide bonds. The highest BCUT2D eigenvalue weighted by Gasteiger charge is 2.34. The van der Waals surface area contributed by atoms with Gasteiger partial charge in [0.15, 0.2) is 0 Å². The zero-order chi connectivity index (χ0) is 25.8. The summed E-state index contributed by atoms with van der Waals surface area (Å²) in [5, 5.41) is 0. The van der Waals surface area contributed by atoms with Gasteiger partial charge in [-0.1, -0.05) is 164 Å². The van der Waals surface area contributed by atoms with Crippen molar-refractivity contribution >= 4 is 11.6 Å². The molecule has 0 bridgehead atoms. The zero-order valence-electron chi connectivity index (χ0n) is 21.0. The Morgan fingerprint density at radius 2 is 0.474 bits per heavy atom. The van der Waals surface area contributed by atoms with Crippen molar-refractivity contribution in [1.29, 1.82) is 0 Å². The van der Waals surface area contributed by atoms with Gasteiger partial charge in [-0.3, -0.25) is 0 Å². The highest BCUT2D eigenvalue weighted by molar-refractivity contribution is 6.28. The Hall–Kier alpha value is -4.39. The molecule has 0 heterocycles. The van der Waals surface area contributed by atoms with Crippen LogP contribution in [0.1, 0.15) is 16.7 Å². The number of hydrogen-bond acceptors (Lipinski definition) is 0. The number of halogens is 1. The summed E-state index contributed by atoms with van der Waals surface area (Å²) in [6.07, 6.45) is 0. The summed E-state index contributed by atoms with van der Waals surface area (Å²) in [5.74, 6) is 0. The third-order valence-electron chi connectivity index (χ3n) is 7.17. The van der Waals surface area contributed by atoms with Crippen LogP contribution in [0.2, 0.25) is 0 Å². The number of rotatable bonds is 6. The van der Waals surface area contributed by atoms with Gasteiger partial charge in [0.25, 0.3) is 0 Å². The van der Waals surface area contributed by atoms with E-state index in [2.05, 4.69) is 146 Å².